The Labute approximate surface area is 68.3 Å². The number of pyridine rings is 1. The second kappa shape index (κ2) is 2.44. The quantitative estimate of drug-likeness (QED) is 0.646. The van der Waals surface area contributed by atoms with Gasteiger partial charge in [0, 0.05) is 11.6 Å². The van der Waals surface area contributed by atoms with Crippen LogP contribution in [0.5, 0.6) is 0 Å². The first kappa shape index (κ1) is 7.03. The molecule has 0 aliphatic rings. The van der Waals surface area contributed by atoms with Crippen LogP contribution < -0.4 is 0 Å². The molecule has 2 aromatic rings. The van der Waals surface area contributed by atoms with Gasteiger partial charge in [-0.2, -0.15) is 0 Å². The van der Waals surface area contributed by atoms with E-state index in [1.165, 1.54) is 0 Å². The third kappa shape index (κ3) is 0.993. The van der Waals surface area contributed by atoms with Gasteiger partial charge in [-0.25, -0.2) is 4.39 Å². The van der Waals surface area contributed by atoms with Gasteiger partial charge in [0.2, 0.25) is 0 Å². The van der Waals surface area contributed by atoms with E-state index in [0.29, 0.717) is 5.58 Å². The Balaban J connectivity index is 2.70. The van der Waals surface area contributed by atoms with Gasteiger partial charge in [-0.15, -0.1) is 0 Å². The molecule has 60 valence electrons. The van der Waals surface area contributed by atoms with Crippen LogP contribution in [0.4, 0.5) is 4.39 Å². The summed E-state index contributed by atoms with van der Waals surface area (Å²) >= 11 is 0. The summed E-state index contributed by atoms with van der Waals surface area (Å²) in [6.45, 7) is 3.14. The van der Waals surface area contributed by atoms with Crippen molar-refractivity contribution in [1.29, 1.82) is 0 Å². The van der Waals surface area contributed by atoms with Gasteiger partial charge in [0.25, 0.3) is 0 Å². The molecule has 3 heteroatoms. The van der Waals surface area contributed by atoms with E-state index in [1.54, 1.807) is 24.5 Å². The van der Waals surface area contributed by atoms with Crippen LogP contribution in [0.15, 0.2) is 35.5 Å². The van der Waals surface area contributed by atoms with Crippen LogP contribution in [0.25, 0.3) is 16.8 Å². The molecule has 0 saturated carbocycles. The highest BCUT2D eigenvalue weighted by Gasteiger charge is 2.04. The van der Waals surface area contributed by atoms with Gasteiger partial charge in [0.1, 0.15) is 0 Å². The normalized spacial score (nSPS) is 10.4. The minimum atomic E-state index is -0.564. The topological polar surface area (TPSA) is 26.0 Å². The van der Waals surface area contributed by atoms with Crippen LogP contribution in [-0.2, 0) is 0 Å². The Bertz CT molecular complexity index is 400. The summed E-state index contributed by atoms with van der Waals surface area (Å²) in [4.78, 5) is 3.84. The third-order valence-electron chi connectivity index (χ3n) is 1.59. The molecule has 2 heterocycles. The molecule has 2 nitrogen and oxygen atoms in total. The van der Waals surface area contributed by atoms with E-state index in [2.05, 4.69) is 11.6 Å². The SMILES string of the molecule is C=C(F)c1cc2ccncc2o1. The van der Waals surface area contributed by atoms with Crippen molar-refractivity contribution in [2.24, 2.45) is 0 Å². The van der Waals surface area contributed by atoms with E-state index in [9.17, 15) is 4.39 Å². The van der Waals surface area contributed by atoms with Crippen molar-refractivity contribution in [2.45, 2.75) is 0 Å². The molecule has 2 aromatic heterocycles. The van der Waals surface area contributed by atoms with Gasteiger partial charge in [0.15, 0.2) is 17.2 Å². The Morgan fingerprint density at radius 2 is 2.42 bits per heavy atom. The van der Waals surface area contributed by atoms with Crippen molar-refractivity contribution >= 4 is 16.8 Å². The average molecular weight is 163 g/mol. The van der Waals surface area contributed by atoms with Gasteiger partial charge < -0.3 is 4.42 Å². The van der Waals surface area contributed by atoms with E-state index in [0.717, 1.165) is 5.39 Å². The predicted molar refractivity (Wildman–Crippen MR) is 44.2 cm³/mol. The lowest BCUT2D eigenvalue weighted by atomic mass is 10.3. The lowest BCUT2D eigenvalue weighted by molar-refractivity contribution is 0.570. The summed E-state index contributed by atoms with van der Waals surface area (Å²) < 4.78 is 17.7. The molecule has 0 atom stereocenters. The monoisotopic (exact) mass is 163 g/mol. The van der Waals surface area contributed by atoms with Crippen LogP contribution in [0.3, 0.4) is 0 Å². The maximum atomic E-state index is 12.6. The molecule has 12 heavy (non-hydrogen) atoms. The molecule has 0 unspecified atom stereocenters. The van der Waals surface area contributed by atoms with E-state index in [4.69, 9.17) is 4.42 Å². The smallest absolute Gasteiger partial charge is 0.163 e. The summed E-state index contributed by atoms with van der Waals surface area (Å²) in [6.07, 6.45) is 3.17. The predicted octanol–water partition coefficient (Wildman–Crippen LogP) is 2.77. The summed E-state index contributed by atoms with van der Waals surface area (Å²) in [5, 5.41) is 0.832. The second-order valence-corrected chi connectivity index (χ2v) is 2.43. The Kier molecular flexibility index (Phi) is 1.43. The zero-order valence-electron chi connectivity index (χ0n) is 6.25. The number of hydrogen-bond donors (Lipinski definition) is 0. The minimum Gasteiger partial charge on any atom is -0.452 e. The van der Waals surface area contributed by atoms with Crippen LogP contribution in [-0.4, -0.2) is 4.98 Å². The highest BCUT2D eigenvalue weighted by molar-refractivity contribution is 5.79. The summed E-state index contributed by atoms with van der Waals surface area (Å²) in [7, 11) is 0. The fourth-order valence-electron chi connectivity index (χ4n) is 1.02. The Hall–Kier alpha value is -1.64. The fraction of sp³-hybridized carbons (Fsp3) is 0. The molecule has 0 radical (unpaired) electrons. The van der Waals surface area contributed by atoms with Gasteiger partial charge in [-0.3, -0.25) is 4.98 Å². The van der Waals surface area contributed by atoms with Crippen LogP contribution in [0.1, 0.15) is 5.76 Å². The van der Waals surface area contributed by atoms with E-state index in [-0.39, 0.29) is 5.76 Å². The van der Waals surface area contributed by atoms with Crippen molar-refractivity contribution in [3.63, 3.8) is 0 Å². The highest BCUT2D eigenvalue weighted by atomic mass is 19.1. The number of aromatic nitrogens is 1. The van der Waals surface area contributed by atoms with E-state index < -0.39 is 5.83 Å². The number of nitrogens with zero attached hydrogens (tertiary/aromatic N) is 1. The Morgan fingerprint density at radius 3 is 3.08 bits per heavy atom. The summed E-state index contributed by atoms with van der Waals surface area (Å²) in [6, 6.07) is 3.35. The van der Waals surface area contributed by atoms with Crippen LogP contribution in [0, 0.1) is 0 Å². The van der Waals surface area contributed by atoms with Crippen molar-refractivity contribution in [2.75, 3.05) is 0 Å². The van der Waals surface area contributed by atoms with E-state index in [1.807, 2.05) is 0 Å². The molecule has 0 bridgehead atoms. The number of hydrogen-bond acceptors (Lipinski definition) is 2. The van der Waals surface area contributed by atoms with Crippen LogP contribution in [0.2, 0.25) is 0 Å². The maximum Gasteiger partial charge on any atom is 0.163 e. The summed E-state index contributed by atoms with van der Waals surface area (Å²) in [5.41, 5.74) is 0.575. The van der Waals surface area contributed by atoms with Crippen molar-refractivity contribution in [3.8, 4) is 0 Å². The van der Waals surface area contributed by atoms with Crippen molar-refractivity contribution in [3.05, 3.63) is 36.9 Å². The van der Waals surface area contributed by atoms with Gasteiger partial charge >= 0.3 is 0 Å². The average Bonchev–Trinajstić information content (AvgIpc) is 2.46. The van der Waals surface area contributed by atoms with Crippen molar-refractivity contribution in [1.82, 2.24) is 4.98 Å². The van der Waals surface area contributed by atoms with Gasteiger partial charge in [0.05, 0.1) is 6.20 Å². The van der Waals surface area contributed by atoms with Crippen LogP contribution >= 0.6 is 0 Å². The molecule has 0 aliphatic carbocycles. The summed E-state index contributed by atoms with van der Waals surface area (Å²) in [5.74, 6) is -0.399. The van der Waals surface area contributed by atoms with Gasteiger partial charge in [-0.1, -0.05) is 6.58 Å². The first-order valence-electron chi connectivity index (χ1n) is 3.46. The minimum absolute atomic E-state index is 0.165. The molecule has 0 aliphatic heterocycles. The molecular formula is C9H6FNO. The second-order valence-electron chi connectivity index (χ2n) is 2.43. The first-order valence-corrected chi connectivity index (χ1v) is 3.46. The standard InChI is InChI=1S/C9H6FNO/c1-6(10)8-4-7-2-3-11-5-9(7)12-8/h2-5H,1H2. The number of furan rings is 1. The van der Waals surface area contributed by atoms with E-state index >= 15 is 0 Å². The molecule has 0 N–H and O–H groups in total. The lowest BCUT2D eigenvalue weighted by Crippen LogP contribution is -1.65. The molecular weight excluding hydrogens is 157 g/mol. The highest BCUT2D eigenvalue weighted by Crippen LogP contribution is 2.22. The lowest BCUT2D eigenvalue weighted by Gasteiger charge is -1.84. The molecule has 0 fully saturated rings. The molecule has 0 spiro atoms. The fourth-order valence-corrected chi connectivity index (χ4v) is 1.02. The Morgan fingerprint density at radius 1 is 1.58 bits per heavy atom. The molecule has 2 rings (SSSR count). The number of halogens is 1. The zero-order valence-corrected chi connectivity index (χ0v) is 6.25. The maximum absolute atomic E-state index is 12.6. The molecule has 0 aromatic carbocycles. The molecule has 0 saturated heterocycles. The first-order chi connectivity index (χ1) is 5.77. The number of rotatable bonds is 1. The third-order valence-corrected chi connectivity index (χ3v) is 1.59. The van der Waals surface area contributed by atoms with Gasteiger partial charge in [-0.05, 0) is 12.1 Å². The molecule has 0 amide bonds. The van der Waals surface area contributed by atoms with Crippen molar-refractivity contribution < 1.29 is 8.81 Å². The number of fused-ring (bicyclic) bond motifs is 1. The zero-order chi connectivity index (χ0) is 8.55. The largest absolute Gasteiger partial charge is 0.452 e.